The number of aldehydes is 1. The highest BCUT2D eigenvalue weighted by Gasteiger charge is 2.41. The van der Waals surface area contributed by atoms with Gasteiger partial charge in [0.1, 0.15) is 0 Å². The van der Waals surface area contributed by atoms with Gasteiger partial charge in [-0.05, 0) is 43.4 Å². The van der Waals surface area contributed by atoms with E-state index in [-0.39, 0.29) is 17.4 Å². The van der Waals surface area contributed by atoms with Gasteiger partial charge in [-0.2, -0.15) is 0 Å². The molecule has 1 aromatic carbocycles. The Morgan fingerprint density at radius 1 is 1.24 bits per heavy atom. The summed E-state index contributed by atoms with van der Waals surface area (Å²) in [6.45, 7) is 2.08. The summed E-state index contributed by atoms with van der Waals surface area (Å²) in [7, 11) is 0. The van der Waals surface area contributed by atoms with E-state index in [1.54, 1.807) is 6.07 Å². The molecule has 108 valence electrons. The molecule has 1 aliphatic carbocycles. The zero-order valence-corrected chi connectivity index (χ0v) is 12.3. The lowest BCUT2D eigenvalue weighted by atomic mass is 9.86. The van der Waals surface area contributed by atoms with Crippen molar-refractivity contribution in [3.8, 4) is 0 Å². The maximum Gasteiger partial charge on any atom is 0.261 e. The highest BCUT2D eigenvalue weighted by atomic mass is 35.5. The van der Waals surface area contributed by atoms with Crippen molar-refractivity contribution in [3.63, 3.8) is 0 Å². The number of imide groups is 1. The summed E-state index contributed by atoms with van der Waals surface area (Å²) >= 11 is 5.89. The molecular weight excluding hydrogens is 290 g/mol. The van der Waals surface area contributed by atoms with Crippen LogP contribution < -0.4 is 4.90 Å². The quantitative estimate of drug-likeness (QED) is 0.623. The van der Waals surface area contributed by atoms with Crippen LogP contribution >= 0.6 is 11.6 Å². The van der Waals surface area contributed by atoms with Crippen molar-refractivity contribution in [2.24, 2.45) is 5.92 Å². The molecule has 0 fully saturated rings. The molecule has 3 rings (SSSR count). The van der Waals surface area contributed by atoms with Gasteiger partial charge in [0.25, 0.3) is 11.8 Å². The number of benzene rings is 1. The Kier molecular flexibility index (Phi) is 3.41. The zero-order chi connectivity index (χ0) is 15.1. The number of carbonyl (C=O) groups excluding carboxylic acids is 3. The molecule has 1 heterocycles. The van der Waals surface area contributed by atoms with E-state index < -0.39 is 0 Å². The Labute approximate surface area is 127 Å². The van der Waals surface area contributed by atoms with Crippen molar-refractivity contribution in [1.82, 2.24) is 0 Å². The van der Waals surface area contributed by atoms with Gasteiger partial charge in [-0.25, -0.2) is 4.90 Å². The van der Waals surface area contributed by atoms with E-state index in [0.717, 1.165) is 11.3 Å². The summed E-state index contributed by atoms with van der Waals surface area (Å²) in [5.74, 6) is -0.113. The number of rotatable bonds is 2. The van der Waals surface area contributed by atoms with Crippen molar-refractivity contribution < 1.29 is 14.4 Å². The molecule has 1 atom stereocenters. The van der Waals surface area contributed by atoms with E-state index in [1.807, 2.05) is 0 Å². The second-order valence-electron chi connectivity index (χ2n) is 5.57. The number of amides is 2. The Bertz CT molecular complexity index is 693. The van der Waals surface area contributed by atoms with Gasteiger partial charge in [-0.15, -0.1) is 0 Å². The maximum atomic E-state index is 12.5. The Balaban J connectivity index is 2.00. The van der Waals surface area contributed by atoms with Crippen LogP contribution in [0.15, 0.2) is 29.3 Å². The van der Waals surface area contributed by atoms with Crippen LogP contribution in [0.4, 0.5) is 5.69 Å². The molecule has 1 aromatic rings. The van der Waals surface area contributed by atoms with E-state index >= 15 is 0 Å². The monoisotopic (exact) mass is 303 g/mol. The molecule has 2 aliphatic rings. The van der Waals surface area contributed by atoms with Crippen LogP contribution in [0.2, 0.25) is 5.02 Å². The van der Waals surface area contributed by atoms with Gasteiger partial charge in [-0.1, -0.05) is 18.5 Å². The molecule has 2 amide bonds. The zero-order valence-electron chi connectivity index (χ0n) is 11.6. The van der Waals surface area contributed by atoms with Crippen LogP contribution in [0, 0.1) is 5.92 Å². The molecule has 0 spiro atoms. The first-order valence-electron chi connectivity index (χ1n) is 6.88. The number of nitrogens with zero attached hydrogens (tertiary/aromatic N) is 1. The second kappa shape index (κ2) is 5.11. The van der Waals surface area contributed by atoms with E-state index in [0.29, 0.717) is 46.9 Å². The Hall–Kier alpha value is -1.94. The van der Waals surface area contributed by atoms with Gasteiger partial charge >= 0.3 is 0 Å². The third kappa shape index (κ3) is 2.20. The number of anilines is 1. The third-order valence-electron chi connectivity index (χ3n) is 4.09. The lowest BCUT2D eigenvalue weighted by molar-refractivity contribution is -0.120. The molecule has 0 aromatic heterocycles. The molecule has 21 heavy (non-hydrogen) atoms. The first-order chi connectivity index (χ1) is 10.0. The van der Waals surface area contributed by atoms with E-state index in [9.17, 15) is 14.4 Å². The summed E-state index contributed by atoms with van der Waals surface area (Å²) < 4.78 is 0. The minimum absolute atomic E-state index is 0.263. The number of carbonyl (C=O) groups is 3. The van der Waals surface area contributed by atoms with Crippen molar-refractivity contribution in [2.75, 3.05) is 4.90 Å². The van der Waals surface area contributed by atoms with Crippen molar-refractivity contribution in [3.05, 3.63) is 39.9 Å². The molecule has 1 unspecified atom stereocenters. The summed E-state index contributed by atoms with van der Waals surface area (Å²) in [6.07, 6.45) is 2.83. The predicted molar refractivity (Wildman–Crippen MR) is 79.4 cm³/mol. The fraction of sp³-hybridized carbons (Fsp3) is 0.312. The molecule has 0 bridgehead atoms. The van der Waals surface area contributed by atoms with Crippen molar-refractivity contribution >= 4 is 35.4 Å². The van der Waals surface area contributed by atoms with Crippen LogP contribution in [0.5, 0.6) is 0 Å². The molecule has 0 saturated carbocycles. The topological polar surface area (TPSA) is 54.5 Å². The largest absolute Gasteiger partial charge is 0.298 e. The summed E-state index contributed by atoms with van der Waals surface area (Å²) in [5, 5.41) is 0.305. The van der Waals surface area contributed by atoms with Crippen LogP contribution in [0.3, 0.4) is 0 Å². The van der Waals surface area contributed by atoms with E-state index in [4.69, 9.17) is 11.6 Å². The molecule has 5 heteroatoms. The number of hydrogen-bond donors (Lipinski definition) is 0. The number of halogens is 1. The van der Waals surface area contributed by atoms with Gasteiger partial charge in [0.15, 0.2) is 6.29 Å². The van der Waals surface area contributed by atoms with Gasteiger partial charge in [-0.3, -0.25) is 14.4 Å². The highest BCUT2D eigenvalue weighted by Crippen LogP contribution is 2.38. The van der Waals surface area contributed by atoms with Gasteiger partial charge in [0.05, 0.1) is 10.7 Å². The third-order valence-corrected chi connectivity index (χ3v) is 4.44. The molecule has 0 N–H and O–H groups in total. The minimum atomic E-state index is -0.263. The standard InChI is InChI=1S/C16H14ClNO3/c1-9-2-4-12-13(6-9)16(21)18(15(12)20)11-3-5-14(17)10(7-11)8-19/h3,5,7-9H,2,4,6H2,1H3. The molecular formula is C16H14ClNO3. The average Bonchev–Trinajstić information content (AvgIpc) is 2.71. The van der Waals surface area contributed by atoms with Crippen LogP contribution in [0.25, 0.3) is 0 Å². The van der Waals surface area contributed by atoms with E-state index in [2.05, 4.69) is 6.92 Å². The van der Waals surface area contributed by atoms with Crippen LogP contribution in [-0.2, 0) is 9.59 Å². The van der Waals surface area contributed by atoms with E-state index in [1.165, 1.54) is 12.1 Å². The normalized spacial score (nSPS) is 21.8. The van der Waals surface area contributed by atoms with Crippen LogP contribution in [-0.4, -0.2) is 18.1 Å². The second-order valence-corrected chi connectivity index (χ2v) is 5.98. The lowest BCUT2D eigenvalue weighted by Crippen LogP contribution is -2.31. The Morgan fingerprint density at radius 2 is 1.95 bits per heavy atom. The SMILES string of the molecule is CC1CCC2=C(C1)C(=O)N(c1ccc(Cl)c(C=O)c1)C2=O. The molecule has 0 radical (unpaired) electrons. The molecule has 0 saturated heterocycles. The van der Waals surface area contributed by atoms with Gasteiger partial charge in [0.2, 0.25) is 0 Å². The minimum Gasteiger partial charge on any atom is -0.298 e. The summed E-state index contributed by atoms with van der Waals surface area (Å²) in [6, 6.07) is 4.60. The van der Waals surface area contributed by atoms with Crippen molar-refractivity contribution in [2.45, 2.75) is 26.2 Å². The number of hydrogen-bond acceptors (Lipinski definition) is 3. The summed E-state index contributed by atoms with van der Waals surface area (Å²) in [5.41, 5.74) is 1.92. The highest BCUT2D eigenvalue weighted by molar-refractivity contribution is 6.35. The Morgan fingerprint density at radius 3 is 2.67 bits per heavy atom. The predicted octanol–water partition coefficient (Wildman–Crippen LogP) is 3.14. The first kappa shape index (κ1) is 14.0. The maximum absolute atomic E-state index is 12.5. The van der Waals surface area contributed by atoms with Gasteiger partial charge < -0.3 is 0 Å². The first-order valence-corrected chi connectivity index (χ1v) is 7.26. The van der Waals surface area contributed by atoms with Crippen LogP contribution in [0.1, 0.15) is 36.5 Å². The lowest BCUT2D eigenvalue weighted by Gasteiger charge is -2.17. The fourth-order valence-corrected chi connectivity index (χ4v) is 3.09. The van der Waals surface area contributed by atoms with Gasteiger partial charge in [0, 0.05) is 16.7 Å². The summed E-state index contributed by atoms with van der Waals surface area (Å²) in [4.78, 5) is 37.1. The fourth-order valence-electron chi connectivity index (χ4n) is 2.92. The smallest absolute Gasteiger partial charge is 0.261 e. The molecule has 1 aliphatic heterocycles. The average molecular weight is 304 g/mol. The molecule has 4 nitrogen and oxygen atoms in total. The van der Waals surface area contributed by atoms with Crippen molar-refractivity contribution in [1.29, 1.82) is 0 Å².